The van der Waals surface area contributed by atoms with E-state index in [0.29, 0.717) is 23.7 Å². The third-order valence-electron chi connectivity index (χ3n) is 4.88. The van der Waals surface area contributed by atoms with E-state index in [1.807, 2.05) is 30.3 Å². The van der Waals surface area contributed by atoms with Gasteiger partial charge in [0.15, 0.2) is 11.5 Å². The summed E-state index contributed by atoms with van der Waals surface area (Å²) in [4.78, 5) is 26.4. The van der Waals surface area contributed by atoms with Crippen LogP contribution in [0.15, 0.2) is 77.7 Å². The summed E-state index contributed by atoms with van der Waals surface area (Å²) < 4.78 is 25.2. The van der Waals surface area contributed by atoms with Crippen LogP contribution in [0.3, 0.4) is 0 Å². The van der Waals surface area contributed by atoms with Gasteiger partial charge in [-0.15, -0.1) is 0 Å². The van der Waals surface area contributed by atoms with Crippen LogP contribution in [0, 0.1) is 5.82 Å². The Labute approximate surface area is 189 Å². The number of hydrogen-bond donors (Lipinski definition) is 0. The number of carbonyl (C=O) groups excluding carboxylic acids is 2. The second-order valence-corrected chi connectivity index (χ2v) is 8.04. The van der Waals surface area contributed by atoms with Crippen LogP contribution in [-0.4, -0.2) is 23.2 Å². The lowest BCUT2D eigenvalue weighted by atomic mass is 10.1. The lowest BCUT2D eigenvalue weighted by molar-refractivity contribution is -0.123. The van der Waals surface area contributed by atoms with Crippen molar-refractivity contribution in [1.82, 2.24) is 4.90 Å². The first kappa shape index (κ1) is 21.6. The number of carbonyl (C=O) groups is 2. The van der Waals surface area contributed by atoms with E-state index in [-0.39, 0.29) is 17.0 Å². The number of rotatable bonds is 7. The summed E-state index contributed by atoms with van der Waals surface area (Å²) >= 11 is 0.831. The van der Waals surface area contributed by atoms with Crippen molar-refractivity contribution in [3.63, 3.8) is 0 Å². The molecule has 2 amide bonds. The number of hydrogen-bond acceptors (Lipinski definition) is 5. The van der Waals surface area contributed by atoms with Crippen LogP contribution in [0.2, 0.25) is 0 Å². The molecule has 0 spiro atoms. The van der Waals surface area contributed by atoms with Gasteiger partial charge in [-0.2, -0.15) is 0 Å². The van der Waals surface area contributed by atoms with Gasteiger partial charge in [-0.05, 0) is 47.2 Å². The number of nitrogens with zero attached hydrogens (tertiary/aromatic N) is 1. The van der Waals surface area contributed by atoms with Crippen LogP contribution >= 0.6 is 11.8 Å². The van der Waals surface area contributed by atoms with E-state index in [1.54, 1.807) is 42.5 Å². The number of imide groups is 1. The van der Waals surface area contributed by atoms with Crippen LogP contribution in [0.4, 0.5) is 9.18 Å². The standard InChI is InChI=1S/C25H20FNO4S/c1-30-22-13-18(11-12-21(22)31-16-17-7-3-2-4-8-17)14-23-24(28)27(25(29)32-23)15-19-9-5-6-10-20(19)26/h2-14H,15-16H2,1H3/b23-14+. The summed E-state index contributed by atoms with van der Waals surface area (Å²) in [6.45, 7) is 0.287. The molecule has 1 saturated heterocycles. The Morgan fingerprint density at radius 3 is 2.47 bits per heavy atom. The van der Waals surface area contributed by atoms with Gasteiger partial charge in [0.2, 0.25) is 0 Å². The molecule has 3 aromatic rings. The van der Waals surface area contributed by atoms with E-state index in [2.05, 4.69) is 0 Å². The smallest absolute Gasteiger partial charge is 0.293 e. The third-order valence-corrected chi connectivity index (χ3v) is 5.79. The van der Waals surface area contributed by atoms with Gasteiger partial charge in [-0.3, -0.25) is 14.5 Å². The predicted octanol–water partition coefficient (Wildman–Crippen LogP) is 5.65. The summed E-state index contributed by atoms with van der Waals surface area (Å²) in [5.74, 6) is 0.180. The minimum Gasteiger partial charge on any atom is -0.493 e. The second-order valence-electron chi connectivity index (χ2n) is 7.04. The van der Waals surface area contributed by atoms with E-state index < -0.39 is 17.0 Å². The second kappa shape index (κ2) is 9.70. The van der Waals surface area contributed by atoms with Crippen LogP contribution in [0.1, 0.15) is 16.7 Å². The van der Waals surface area contributed by atoms with Gasteiger partial charge < -0.3 is 9.47 Å². The van der Waals surface area contributed by atoms with Crippen LogP contribution in [0.25, 0.3) is 6.08 Å². The summed E-state index contributed by atoms with van der Waals surface area (Å²) in [5.41, 5.74) is 2.00. The van der Waals surface area contributed by atoms with Crippen LogP contribution in [0.5, 0.6) is 11.5 Å². The van der Waals surface area contributed by atoms with Gasteiger partial charge in [0, 0.05) is 5.56 Å². The maximum Gasteiger partial charge on any atom is 0.293 e. The highest BCUT2D eigenvalue weighted by atomic mass is 32.2. The quantitative estimate of drug-likeness (QED) is 0.436. The van der Waals surface area contributed by atoms with Crippen molar-refractivity contribution < 1.29 is 23.5 Å². The summed E-state index contributed by atoms with van der Waals surface area (Å²) in [6.07, 6.45) is 1.62. The molecule has 0 radical (unpaired) electrons. The maximum absolute atomic E-state index is 13.9. The van der Waals surface area contributed by atoms with Gasteiger partial charge in [0.05, 0.1) is 18.6 Å². The Hall–Kier alpha value is -3.58. The molecule has 0 atom stereocenters. The fourth-order valence-electron chi connectivity index (χ4n) is 3.21. The van der Waals surface area contributed by atoms with Crippen molar-refractivity contribution in [2.24, 2.45) is 0 Å². The largest absolute Gasteiger partial charge is 0.493 e. The monoisotopic (exact) mass is 449 g/mol. The van der Waals surface area contributed by atoms with Gasteiger partial charge in [-0.25, -0.2) is 4.39 Å². The topological polar surface area (TPSA) is 55.8 Å². The van der Waals surface area contributed by atoms with E-state index in [1.165, 1.54) is 13.2 Å². The summed E-state index contributed by atoms with van der Waals surface area (Å²) in [7, 11) is 1.54. The van der Waals surface area contributed by atoms with Gasteiger partial charge in [0.1, 0.15) is 12.4 Å². The zero-order valence-corrected chi connectivity index (χ0v) is 18.1. The van der Waals surface area contributed by atoms with Crippen molar-refractivity contribution in [3.8, 4) is 11.5 Å². The van der Waals surface area contributed by atoms with Gasteiger partial charge in [-0.1, -0.05) is 54.6 Å². The molecule has 0 bridgehead atoms. The minimum atomic E-state index is -0.452. The molecule has 0 unspecified atom stereocenters. The third kappa shape index (κ3) is 4.84. The number of methoxy groups -OCH3 is 1. The summed E-state index contributed by atoms with van der Waals surface area (Å²) in [5, 5.41) is -0.431. The highest BCUT2D eigenvalue weighted by molar-refractivity contribution is 8.18. The Kier molecular flexibility index (Phi) is 6.56. The average molecular weight is 450 g/mol. The molecule has 32 heavy (non-hydrogen) atoms. The number of ether oxygens (including phenoxy) is 2. The minimum absolute atomic E-state index is 0.107. The van der Waals surface area contributed by atoms with E-state index in [9.17, 15) is 14.0 Å². The zero-order chi connectivity index (χ0) is 22.5. The Balaban J connectivity index is 1.50. The predicted molar refractivity (Wildman–Crippen MR) is 122 cm³/mol. The molecule has 162 valence electrons. The van der Waals surface area contributed by atoms with Crippen molar-refractivity contribution in [2.45, 2.75) is 13.2 Å². The summed E-state index contributed by atoms with van der Waals surface area (Å²) in [6, 6.07) is 21.1. The van der Waals surface area contributed by atoms with Gasteiger partial charge in [0.25, 0.3) is 11.1 Å². The zero-order valence-electron chi connectivity index (χ0n) is 17.3. The average Bonchev–Trinajstić information content (AvgIpc) is 3.07. The van der Waals surface area contributed by atoms with Crippen LogP contribution < -0.4 is 9.47 Å². The van der Waals surface area contributed by atoms with Gasteiger partial charge >= 0.3 is 0 Å². The molecule has 3 aromatic carbocycles. The molecule has 0 aromatic heterocycles. The lowest BCUT2D eigenvalue weighted by Crippen LogP contribution is -2.27. The lowest BCUT2D eigenvalue weighted by Gasteiger charge is -2.13. The number of thioether (sulfide) groups is 1. The number of halogens is 1. The first-order valence-electron chi connectivity index (χ1n) is 9.88. The molecule has 0 aliphatic carbocycles. The molecule has 0 N–H and O–H groups in total. The van der Waals surface area contributed by atoms with Crippen molar-refractivity contribution in [2.75, 3.05) is 7.11 Å². The highest BCUT2D eigenvalue weighted by Gasteiger charge is 2.35. The normalized spacial score (nSPS) is 14.8. The molecular weight excluding hydrogens is 429 g/mol. The molecule has 1 aliphatic rings. The van der Waals surface area contributed by atoms with E-state index >= 15 is 0 Å². The Bertz CT molecular complexity index is 1180. The molecule has 7 heteroatoms. The molecule has 1 fully saturated rings. The Morgan fingerprint density at radius 1 is 0.969 bits per heavy atom. The molecule has 1 heterocycles. The SMILES string of the molecule is COc1cc(/C=C2/SC(=O)N(Cc3ccccc3F)C2=O)ccc1OCc1ccccc1. The number of amides is 2. The molecule has 1 aliphatic heterocycles. The maximum atomic E-state index is 13.9. The fourth-order valence-corrected chi connectivity index (χ4v) is 4.05. The molecule has 5 nitrogen and oxygen atoms in total. The first-order chi connectivity index (χ1) is 15.5. The van der Waals surface area contributed by atoms with Crippen molar-refractivity contribution in [3.05, 3.63) is 100 Å². The molecule has 4 rings (SSSR count). The van der Waals surface area contributed by atoms with Crippen molar-refractivity contribution in [1.29, 1.82) is 0 Å². The Morgan fingerprint density at radius 2 is 1.72 bits per heavy atom. The van der Waals surface area contributed by atoms with Crippen molar-refractivity contribution >= 4 is 29.0 Å². The number of benzene rings is 3. The first-order valence-corrected chi connectivity index (χ1v) is 10.7. The van der Waals surface area contributed by atoms with E-state index in [4.69, 9.17) is 9.47 Å². The molecular formula is C25H20FNO4S. The highest BCUT2D eigenvalue weighted by Crippen LogP contribution is 2.35. The fraction of sp³-hybridized carbons (Fsp3) is 0.120. The van der Waals surface area contributed by atoms with Crippen LogP contribution in [-0.2, 0) is 17.9 Å². The van der Waals surface area contributed by atoms with E-state index in [0.717, 1.165) is 22.2 Å². The molecule has 0 saturated carbocycles.